The summed E-state index contributed by atoms with van der Waals surface area (Å²) in [6, 6.07) is 61.5. The van der Waals surface area contributed by atoms with Crippen LogP contribution in [0.4, 0.5) is 17.1 Å². The van der Waals surface area contributed by atoms with Gasteiger partial charge in [-0.2, -0.15) is 0 Å². The van der Waals surface area contributed by atoms with E-state index in [2.05, 4.69) is 207 Å². The molecule has 2 unspecified atom stereocenters. The summed E-state index contributed by atoms with van der Waals surface area (Å²) in [5.41, 5.74) is 19.4. The fraction of sp³-hybridized carbons (Fsp3) is 0.115. The minimum absolute atomic E-state index is 0.0485. The first-order chi connectivity index (χ1) is 26.0. The number of benzene rings is 7. The zero-order chi connectivity index (χ0) is 35.3. The number of hydrogen-bond donors (Lipinski definition) is 0. The van der Waals surface area contributed by atoms with Crippen LogP contribution in [-0.2, 0) is 10.8 Å². The van der Waals surface area contributed by atoms with Gasteiger partial charge in [0, 0.05) is 34.3 Å². The van der Waals surface area contributed by atoms with Crippen LogP contribution < -0.4 is 4.90 Å². The van der Waals surface area contributed by atoms with Crippen molar-refractivity contribution in [3.8, 4) is 33.4 Å². The zero-order valence-electron chi connectivity index (χ0n) is 30.0. The molecule has 0 heterocycles. The van der Waals surface area contributed by atoms with Gasteiger partial charge in [0.15, 0.2) is 0 Å². The first-order valence-electron chi connectivity index (χ1n) is 18.9. The van der Waals surface area contributed by atoms with Crippen molar-refractivity contribution in [3.05, 3.63) is 221 Å². The number of anilines is 3. The largest absolute Gasteiger partial charge is 0.310 e. The summed E-state index contributed by atoms with van der Waals surface area (Å²) in [6.45, 7) is 4.72. The van der Waals surface area contributed by atoms with Crippen molar-refractivity contribution < 1.29 is 0 Å². The van der Waals surface area contributed by atoms with Gasteiger partial charge in [-0.15, -0.1) is 0 Å². The van der Waals surface area contributed by atoms with Gasteiger partial charge in [-0.1, -0.05) is 166 Å². The van der Waals surface area contributed by atoms with Gasteiger partial charge in [-0.05, 0) is 103 Å². The van der Waals surface area contributed by atoms with E-state index >= 15 is 0 Å². The molecule has 0 saturated heterocycles. The van der Waals surface area contributed by atoms with E-state index in [0.717, 1.165) is 5.69 Å². The van der Waals surface area contributed by atoms with Crippen molar-refractivity contribution in [3.63, 3.8) is 0 Å². The molecular weight excluding hydrogens is 639 g/mol. The summed E-state index contributed by atoms with van der Waals surface area (Å²) in [6.07, 6.45) is 9.42. The minimum Gasteiger partial charge on any atom is -0.310 e. The third-order valence-electron chi connectivity index (χ3n) is 12.8. The molecule has 0 bridgehead atoms. The van der Waals surface area contributed by atoms with Crippen LogP contribution in [0.15, 0.2) is 188 Å². The second-order valence-corrected chi connectivity index (χ2v) is 15.6. The highest BCUT2D eigenvalue weighted by atomic mass is 15.1. The molecule has 11 rings (SSSR count). The Morgan fingerprint density at radius 1 is 0.415 bits per heavy atom. The molecule has 4 aliphatic rings. The average Bonchev–Trinajstić information content (AvgIpc) is 3.77. The molecule has 4 aliphatic carbocycles. The molecule has 252 valence electrons. The number of rotatable bonds is 4. The van der Waals surface area contributed by atoms with E-state index in [-0.39, 0.29) is 10.8 Å². The van der Waals surface area contributed by atoms with Crippen molar-refractivity contribution in [2.45, 2.75) is 30.6 Å². The van der Waals surface area contributed by atoms with E-state index in [4.69, 9.17) is 0 Å². The van der Waals surface area contributed by atoms with E-state index in [1.807, 2.05) is 0 Å². The molecular formula is C52H39N. The third kappa shape index (κ3) is 4.14. The Morgan fingerprint density at radius 2 is 0.943 bits per heavy atom. The topological polar surface area (TPSA) is 3.24 Å². The van der Waals surface area contributed by atoms with Crippen LogP contribution >= 0.6 is 0 Å². The van der Waals surface area contributed by atoms with Gasteiger partial charge in [0.2, 0.25) is 0 Å². The number of allylic oxidation sites excluding steroid dienone is 4. The SMILES string of the molecule is CC1(C)c2ccccc2-c2cc(N(c3ccc(-c4ccccc4)cc3)c3ccc4c(c3)C3(c5ccccc5-c5ccccc53)C3C=CC=CC43)ccc21. The Hall–Kier alpha value is -6.18. The monoisotopic (exact) mass is 677 g/mol. The van der Waals surface area contributed by atoms with Gasteiger partial charge < -0.3 is 4.90 Å². The second-order valence-electron chi connectivity index (χ2n) is 15.6. The third-order valence-corrected chi connectivity index (χ3v) is 12.8. The van der Waals surface area contributed by atoms with Gasteiger partial charge in [0.25, 0.3) is 0 Å². The maximum atomic E-state index is 2.53. The van der Waals surface area contributed by atoms with Crippen molar-refractivity contribution in [2.24, 2.45) is 5.92 Å². The van der Waals surface area contributed by atoms with E-state index in [0.29, 0.717) is 11.8 Å². The van der Waals surface area contributed by atoms with Gasteiger partial charge in [-0.3, -0.25) is 0 Å². The highest BCUT2D eigenvalue weighted by Gasteiger charge is 2.57. The molecule has 1 nitrogen and oxygen atoms in total. The van der Waals surface area contributed by atoms with Gasteiger partial charge in [-0.25, -0.2) is 0 Å². The van der Waals surface area contributed by atoms with Crippen molar-refractivity contribution in [2.75, 3.05) is 4.90 Å². The molecule has 0 aromatic heterocycles. The molecule has 0 amide bonds. The Kier molecular flexibility index (Phi) is 6.41. The Morgan fingerprint density at radius 3 is 1.66 bits per heavy atom. The van der Waals surface area contributed by atoms with E-state index in [1.165, 1.54) is 78.1 Å². The van der Waals surface area contributed by atoms with Gasteiger partial charge in [0.05, 0.1) is 5.41 Å². The summed E-state index contributed by atoms with van der Waals surface area (Å²) in [4.78, 5) is 2.48. The molecule has 1 spiro atoms. The fourth-order valence-electron chi connectivity index (χ4n) is 10.5. The molecule has 1 heteroatoms. The van der Waals surface area contributed by atoms with Crippen LogP contribution in [-0.4, -0.2) is 0 Å². The maximum absolute atomic E-state index is 2.53. The molecule has 7 aromatic carbocycles. The lowest BCUT2D eigenvalue weighted by molar-refractivity contribution is 0.465. The summed E-state index contributed by atoms with van der Waals surface area (Å²) < 4.78 is 0. The molecule has 7 aromatic rings. The summed E-state index contributed by atoms with van der Waals surface area (Å²) in [5.74, 6) is 0.598. The number of fused-ring (bicyclic) bond motifs is 13. The molecule has 0 radical (unpaired) electrons. The Labute approximate surface area is 312 Å². The van der Waals surface area contributed by atoms with Crippen molar-refractivity contribution >= 4 is 17.1 Å². The molecule has 0 fully saturated rings. The lowest BCUT2D eigenvalue weighted by atomic mass is 9.65. The molecule has 0 saturated carbocycles. The van der Waals surface area contributed by atoms with Gasteiger partial charge >= 0.3 is 0 Å². The fourth-order valence-corrected chi connectivity index (χ4v) is 10.5. The quantitative estimate of drug-likeness (QED) is 0.179. The Bertz CT molecular complexity index is 2610. The smallest absolute Gasteiger partial charge is 0.0538 e. The number of nitrogens with zero attached hydrogens (tertiary/aromatic N) is 1. The van der Waals surface area contributed by atoms with Crippen LogP contribution in [0, 0.1) is 5.92 Å². The average molecular weight is 678 g/mol. The standard InChI is InChI=1S/C52H39N/c1-51(2)45-20-10-6-19-42(45)44-32-37(29-31-46(44)51)53(36-26-24-35(25-27-36)34-14-4-3-5-15-34)38-28-30-43-41-18-9-13-23-49(41)52(50(43)33-38)47-21-11-7-16-39(47)40-17-8-12-22-48(40)52/h3-33,41,49H,1-2H3. The number of hydrogen-bond acceptors (Lipinski definition) is 1. The normalized spacial score (nSPS) is 18.5. The van der Waals surface area contributed by atoms with Crippen molar-refractivity contribution in [1.82, 2.24) is 0 Å². The van der Waals surface area contributed by atoms with Crippen LogP contribution in [0.1, 0.15) is 53.1 Å². The minimum atomic E-state index is -0.284. The van der Waals surface area contributed by atoms with Crippen LogP contribution in [0.5, 0.6) is 0 Å². The van der Waals surface area contributed by atoms with Crippen LogP contribution in [0.25, 0.3) is 33.4 Å². The van der Waals surface area contributed by atoms with Crippen LogP contribution in [0.3, 0.4) is 0 Å². The highest BCUT2D eigenvalue weighted by molar-refractivity contribution is 5.89. The lowest BCUT2D eigenvalue weighted by Gasteiger charge is -2.36. The van der Waals surface area contributed by atoms with E-state index < -0.39 is 0 Å². The Balaban J connectivity index is 1.15. The first kappa shape index (κ1) is 30.4. The predicted octanol–water partition coefficient (Wildman–Crippen LogP) is 13.3. The molecule has 0 aliphatic heterocycles. The summed E-state index contributed by atoms with van der Waals surface area (Å²) >= 11 is 0. The van der Waals surface area contributed by atoms with Gasteiger partial charge in [0.1, 0.15) is 0 Å². The lowest BCUT2D eigenvalue weighted by Crippen LogP contribution is -2.33. The molecule has 0 N–H and O–H groups in total. The molecule has 53 heavy (non-hydrogen) atoms. The highest BCUT2D eigenvalue weighted by Crippen LogP contribution is 2.65. The van der Waals surface area contributed by atoms with Crippen LogP contribution in [0.2, 0.25) is 0 Å². The zero-order valence-corrected chi connectivity index (χ0v) is 30.0. The van der Waals surface area contributed by atoms with E-state index in [1.54, 1.807) is 0 Å². The summed E-state index contributed by atoms with van der Waals surface area (Å²) in [7, 11) is 0. The second kappa shape index (κ2) is 11.2. The maximum Gasteiger partial charge on any atom is 0.0538 e. The first-order valence-corrected chi connectivity index (χ1v) is 18.9. The van der Waals surface area contributed by atoms with Crippen molar-refractivity contribution in [1.29, 1.82) is 0 Å². The summed E-state index contributed by atoms with van der Waals surface area (Å²) in [5, 5.41) is 0. The predicted molar refractivity (Wildman–Crippen MR) is 220 cm³/mol. The van der Waals surface area contributed by atoms with E-state index in [9.17, 15) is 0 Å². The molecule has 2 atom stereocenters.